The van der Waals surface area contributed by atoms with Gasteiger partial charge in [-0.15, -0.1) is 0 Å². The van der Waals surface area contributed by atoms with E-state index < -0.39 is 9.84 Å². The summed E-state index contributed by atoms with van der Waals surface area (Å²) in [5.74, 6) is 0.611. The maximum atomic E-state index is 12.1. The Morgan fingerprint density at radius 1 is 1.05 bits per heavy atom. The predicted molar refractivity (Wildman–Crippen MR) is 80.1 cm³/mol. The molecule has 0 heterocycles. The molecule has 2 N–H and O–H groups in total. The Kier molecular flexibility index (Phi) is 4.10. The Hall–Kier alpha value is -2.27. The van der Waals surface area contributed by atoms with Gasteiger partial charge in [-0.1, -0.05) is 18.2 Å². The first-order valence-electron chi connectivity index (χ1n) is 5.94. The summed E-state index contributed by atoms with van der Waals surface area (Å²) in [7, 11) is -1.96. The minimum Gasteiger partial charge on any atom is -0.497 e. The van der Waals surface area contributed by atoms with Crippen molar-refractivity contribution in [2.24, 2.45) is 0 Å². The van der Waals surface area contributed by atoms with Crippen molar-refractivity contribution in [2.75, 3.05) is 12.8 Å². The molecule has 0 spiro atoms. The van der Waals surface area contributed by atoms with Crippen LogP contribution >= 0.6 is 0 Å². The first-order chi connectivity index (χ1) is 9.53. The summed E-state index contributed by atoms with van der Waals surface area (Å²) in [6.07, 6.45) is 1.49. The van der Waals surface area contributed by atoms with Gasteiger partial charge in [0.2, 0.25) is 0 Å². The lowest BCUT2D eigenvalue weighted by Gasteiger charge is -2.02. The Bertz CT molecular complexity index is 719. The van der Waals surface area contributed by atoms with E-state index in [1.807, 2.05) is 0 Å². The number of ether oxygens (including phenoxy) is 1. The van der Waals surface area contributed by atoms with Gasteiger partial charge in [0.1, 0.15) is 5.75 Å². The van der Waals surface area contributed by atoms with Crippen molar-refractivity contribution in [1.82, 2.24) is 0 Å². The molecule has 2 rings (SSSR count). The molecule has 104 valence electrons. The van der Waals surface area contributed by atoms with Crippen molar-refractivity contribution < 1.29 is 13.2 Å². The standard InChI is InChI=1S/C15H15NO3S/c1-19-13-6-8-14(9-7-13)20(17,18)11-10-12-4-2-3-5-15(12)16/h2-11H,16H2,1H3/b11-10+. The highest BCUT2D eigenvalue weighted by molar-refractivity contribution is 7.94. The van der Waals surface area contributed by atoms with Gasteiger partial charge in [-0.3, -0.25) is 0 Å². The largest absolute Gasteiger partial charge is 0.497 e. The number of hydrogen-bond acceptors (Lipinski definition) is 4. The van der Waals surface area contributed by atoms with Crippen LogP contribution in [-0.2, 0) is 9.84 Å². The van der Waals surface area contributed by atoms with Gasteiger partial charge in [-0.25, -0.2) is 8.42 Å². The normalized spacial score (nSPS) is 11.7. The zero-order valence-electron chi connectivity index (χ0n) is 11.0. The third-order valence-corrected chi connectivity index (χ3v) is 4.23. The molecule has 0 radical (unpaired) electrons. The van der Waals surface area contributed by atoms with Crippen LogP contribution in [0.5, 0.6) is 5.75 Å². The monoisotopic (exact) mass is 289 g/mol. The molecule has 4 nitrogen and oxygen atoms in total. The number of anilines is 1. The van der Waals surface area contributed by atoms with Crippen molar-refractivity contribution in [3.05, 3.63) is 59.5 Å². The lowest BCUT2D eigenvalue weighted by atomic mass is 10.2. The fourth-order valence-corrected chi connectivity index (χ4v) is 2.67. The minimum absolute atomic E-state index is 0.212. The Morgan fingerprint density at radius 2 is 1.70 bits per heavy atom. The predicted octanol–water partition coefficient (Wildman–Crippen LogP) is 2.72. The average molecular weight is 289 g/mol. The Morgan fingerprint density at radius 3 is 2.30 bits per heavy atom. The van der Waals surface area contributed by atoms with Crippen LogP contribution in [-0.4, -0.2) is 15.5 Å². The van der Waals surface area contributed by atoms with Crippen molar-refractivity contribution in [1.29, 1.82) is 0 Å². The number of hydrogen-bond donors (Lipinski definition) is 1. The second-order valence-electron chi connectivity index (χ2n) is 4.15. The van der Waals surface area contributed by atoms with Gasteiger partial charge in [0, 0.05) is 11.1 Å². The first kappa shape index (κ1) is 14.1. The summed E-state index contributed by atoms with van der Waals surface area (Å²) in [5.41, 5.74) is 6.97. The van der Waals surface area contributed by atoms with Gasteiger partial charge >= 0.3 is 0 Å². The summed E-state index contributed by atoms with van der Waals surface area (Å²) in [5, 5.41) is 1.15. The fraction of sp³-hybridized carbons (Fsp3) is 0.0667. The highest BCUT2D eigenvalue weighted by Gasteiger charge is 2.10. The number of rotatable bonds is 4. The van der Waals surface area contributed by atoms with Crippen LogP contribution in [0, 0.1) is 0 Å². The molecule has 0 atom stereocenters. The van der Waals surface area contributed by atoms with Crippen molar-refractivity contribution in [2.45, 2.75) is 4.90 Å². The highest BCUT2D eigenvalue weighted by atomic mass is 32.2. The van der Waals surface area contributed by atoms with Gasteiger partial charge in [-0.2, -0.15) is 0 Å². The van der Waals surface area contributed by atoms with Gasteiger partial charge in [0.15, 0.2) is 9.84 Å². The van der Waals surface area contributed by atoms with E-state index in [0.29, 0.717) is 17.0 Å². The number of para-hydroxylation sites is 1. The molecular weight excluding hydrogens is 274 g/mol. The molecule has 0 amide bonds. The van der Waals surface area contributed by atoms with E-state index in [9.17, 15) is 8.42 Å². The molecule has 0 fully saturated rings. The van der Waals surface area contributed by atoms with Crippen LogP contribution in [0.4, 0.5) is 5.69 Å². The van der Waals surface area contributed by atoms with Crippen molar-refractivity contribution >= 4 is 21.6 Å². The first-order valence-corrected chi connectivity index (χ1v) is 7.49. The zero-order valence-corrected chi connectivity index (χ0v) is 11.8. The van der Waals surface area contributed by atoms with Gasteiger partial charge in [0.05, 0.1) is 12.0 Å². The molecule has 0 aliphatic carbocycles. The van der Waals surface area contributed by atoms with Crippen LogP contribution in [0.15, 0.2) is 58.8 Å². The summed E-state index contributed by atoms with van der Waals surface area (Å²) in [6.45, 7) is 0. The molecule has 2 aromatic rings. The van der Waals surface area contributed by atoms with E-state index in [2.05, 4.69) is 0 Å². The van der Waals surface area contributed by atoms with E-state index >= 15 is 0 Å². The summed E-state index contributed by atoms with van der Waals surface area (Å²) in [6, 6.07) is 13.3. The molecule has 0 unspecified atom stereocenters. The van der Waals surface area contributed by atoms with Gasteiger partial charge in [0.25, 0.3) is 0 Å². The molecule has 20 heavy (non-hydrogen) atoms. The van der Waals surface area contributed by atoms with Crippen LogP contribution < -0.4 is 10.5 Å². The van der Waals surface area contributed by atoms with E-state index in [0.717, 1.165) is 5.41 Å². The van der Waals surface area contributed by atoms with Crippen LogP contribution in [0.25, 0.3) is 6.08 Å². The zero-order chi connectivity index (χ0) is 14.6. The fourth-order valence-electron chi connectivity index (χ4n) is 1.67. The molecule has 5 heteroatoms. The molecular formula is C15H15NO3S. The number of nitrogen functional groups attached to an aromatic ring is 1. The third-order valence-electron chi connectivity index (χ3n) is 2.81. The van der Waals surface area contributed by atoms with Gasteiger partial charge < -0.3 is 10.5 Å². The smallest absolute Gasteiger partial charge is 0.199 e. The van der Waals surface area contributed by atoms with Crippen LogP contribution in [0.1, 0.15) is 5.56 Å². The lowest BCUT2D eigenvalue weighted by Crippen LogP contribution is -1.96. The second-order valence-corrected chi connectivity index (χ2v) is 5.99. The molecule has 2 aromatic carbocycles. The molecule has 0 aliphatic rings. The molecule has 0 aliphatic heterocycles. The van der Waals surface area contributed by atoms with Crippen molar-refractivity contribution in [3.63, 3.8) is 0 Å². The topological polar surface area (TPSA) is 69.4 Å². The molecule has 0 saturated heterocycles. The Balaban J connectivity index is 2.29. The second kappa shape index (κ2) is 5.79. The third kappa shape index (κ3) is 3.19. The summed E-state index contributed by atoms with van der Waals surface area (Å²) >= 11 is 0. The highest BCUT2D eigenvalue weighted by Crippen LogP contribution is 2.19. The Labute approximate surface area is 118 Å². The SMILES string of the molecule is COc1ccc(S(=O)(=O)/C=C/c2ccccc2N)cc1. The summed E-state index contributed by atoms with van der Waals surface area (Å²) in [4.78, 5) is 0.212. The van der Waals surface area contributed by atoms with E-state index in [-0.39, 0.29) is 4.90 Å². The van der Waals surface area contributed by atoms with Gasteiger partial charge in [-0.05, 0) is 42.0 Å². The quantitative estimate of drug-likeness (QED) is 0.879. The van der Waals surface area contributed by atoms with Crippen molar-refractivity contribution in [3.8, 4) is 5.75 Å². The van der Waals surface area contributed by atoms with Crippen LogP contribution in [0.3, 0.4) is 0 Å². The minimum atomic E-state index is -3.49. The number of methoxy groups -OCH3 is 1. The van der Waals surface area contributed by atoms with E-state index in [1.165, 1.54) is 25.3 Å². The molecule has 0 bridgehead atoms. The average Bonchev–Trinajstić information content (AvgIpc) is 2.46. The van der Waals surface area contributed by atoms with Crippen LogP contribution in [0.2, 0.25) is 0 Å². The van der Waals surface area contributed by atoms with E-state index in [1.54, 1.807) is 36.4 Å². The lowest BCUT2D eigenvalue weighted by molar-refractivity contribution is 0.414. The maximum Gasteiger partial charge on any atom is 0.199 e. The number of sulfone groups is 1. The number of benzene rings is 2. The number of nitrogens with two attached hydrogens (primary N) is 1. The maximum absolute atomic E-state index is 12.1. The molecule has 0 saturated carbocycles. The summed E-state index contributed by atoms with van der Waals surface area (Å²) < 4.78 is 29.3. The van der Waals surface area contributed by atoms with E-state index in [4.69, 9.17) is 10.5 Å². The molecule has 0 aromatic heterocycles.